The average molecular weight is 320 g/mol. The van der Waals surface area contributed by atoms with Crippen molar-refractivity contribution in [2.45, 2.75) is 23.8 Å². The van der Waals surface area contributed by atoms with Crippen LogP contribution in [0.4, 0.5) is 5.69 Å². The maximum absolute atomic E-state index is 12.5. The summed E-state index contributed by atoms with van der Waals surface area (Å²) in [6.07, 6.45) is 1.39. The highest BCUT2D eigenvalue weighted by Gasteiger charge is 2.34. The molecule has 0 bridgehead atoms. The number of sulfonamides is 1. The number of hydrogen-bond donors (Lipinski definition) is 1. The highest BCUT2D eigenvalue weighted by molar-refractivity contribution is 7.89. The van der Waals surface area contributed by atoms with Crippen molar-refractivity contribution in [3.8, 4) is 0 Å². The van der Waals surface area contributed by atoms with Crippen LogP contribution in [0.3, 0.4) is 0 Å². The highest BCUT2D eigenvalue weighted by atomic mass is 35.5. The van der Waals surface area contributed by atoms with E-state index in [0.29, 0.717) is 13.0 Å². The molecule has 20 heavy (non-hydrogen) atoms. The molecule has 1 aliphatic rings. The lowest BCUT2D eigenvalue weighted by atomic mass is 10.1. The van der Waals surface area contributed by atoms with Gasteiger partial charge in [-0.15, -0.1) is 0 Å². The molecule has 0 radical (unpaired) electrons. The lowest BCUT2D eigenvalue weighted by molar-refractivity contribution is -0.387. The van der Waals surface area contributed by atoms with E-state index < -0.39 is 20.6 Å². The van der Waals surface area contributed by atoms with Gasteiger partial charge < -0.3 is 5.73 Å². The predicted octanol–water partition coefficient (Wildman–Crippen LogP) is 1.36. The van der Waals surface area contributed by atoms with Crippen molar-refractivity contribution in [1.82, 2.24) is 4.31 Å². The fourth-order valence-corrected chi connectivity index (χ4v) is 4.02. The van der Waals surface area contributed by atoms with Gasteiger partial charge in [-0.2, -0.15) is 4.31 Å². The maximum Gasteiger partial charge on any atom is 0.290 e. The van der Waals surface area contributed by atoms with Crippen molar-refractivity contribution in [2.75, 3.05) is 13.1 Å². The first-order valence-electron chi connectivity index (χ1n) is 6.02. The van der Waals surface area contributed by atoms with Crippen molar-refractivity contribution < 1.29 is 13.3 Å². The SMILES string of the molecule is N[C@@H]1CCCN(S(=O)(=O)c2ccc(Cl)cc2[N+](=O)[O-])C1. The Morgan fingerprint density at radius 2 is 2.15 bits per heavy atom. The van der Waals surface area contributed by atoms with Gasteiger partial charge in [0.2, 0.25) is 10.0 Å². The van der Waals surface area contributed by atoms with E-state index in [0.717, 1.165) is 18.6 Å². The zero-order valence-corrected chi connectivity index (χ0v) is 12.1. The van der Waals surface area contributed by atoms with Gasteiger partial charge in [0.15, 0.2) is 4.90 Å². The minimum atomic E-state index is -3.93. The first-order chi connectivity index (χ1) is 9.32. The second-order valence-corrected chi connectivity index (χ2v) is 6.98. The summed E-state index contributed by atoms with van der Waals surface area (Å²) in [6, 6.07) is 3.28. The van der Waals surface area contributed by atoms with E-state index >= 15 is 0 Å². The first kappa shape index (κ1) is 15.2. The van der Waals surface area contributed by atoms with Gasteiger partial charge in [0, 0.05) is 30.2 Å². The molecule has 110 valence electrons. The number of nitro benzene ring substituents is 1. The van der Waals surface area contributed by atoms with Crippen LogP contribution in [0.2, 0.25) is 5.02 Å². The summed E-state index contributed by atoms with van der Waals surface area (Å²) >= 11 is 5.69. The van der Waals surface area contributed by atoms with E-state index in [4.69, 9.17) is 17.3 Å². The number of rotatable bonds is 3. The molecule has 1 atom stereocenters. The largest absolute Gasteiger partial charge is 0.327 e. The van der Waals surface area contributed by atoms with Crippen LogP contribution in [0.25, 0.3) is 0 Å². The van der Waals surface area contributed by atoms with E-state index in [1.165, 1.54) is 10.4 Å². The molecule has 2 N–H and O–H groups in total. The van der Waals surface area contributed by atoms with Crippen molar-refractivity contribution in [1.29, 1.82) is 0 Å². The van der Waals surface area contributed by atoms with Gasteiger partial charge in [0.05, 0.1) is 4.92 Å². The Balaban J connectivity index is 2.46. The Bertz CT molecular complexity index is 635. The fraction of sp³-hybridized carbons (Fsp3) is 0.455. The number of piperidine rings is 1. The molecule has 0 aromatic heterocycles. The van der Waals surface area contributed by atoms with Crippen LogP contribution in [-0.4, -0.2) is 36.8 Å². The smallest absolute Gasteiger partial charge is 0.290 e. The molecule has 0 saturated carbocycles. The predicted molar refractivity (Wildman–Crippen MR) is 74.1 cm³/mol. The van der Waals surface area contributed by atoms with Crippen molar-refractivity contribution in [3.63, 3.8) is 0 Å². The van der Waals surface area contributed by atoms with E-state index in [1.54, 1.807) is 0 Å². The summed E-state index contributed by atoms with van der Waals surface area (Å²) in [7, 11) is -3.93. The number of nitro groups is 1. The van der Waals surface area contributed by atoms with Crippen LogP contribution in [-0.2, 0) is 10.0 Å². The van der Waals surface area contributed by atoms with Crippen molar-refractivity contribution in [2.24, 2.45) is 5.73 Å². The van der Waals surface area contributed by atoms with Gasteiger partial charge in [-0.05, 0) is 25.0 Å². The monoisotopic (exact) mass is 319 g/mol. The minimum absolute atomic E-state index is 0.117. The van der Waals surface area contributed by atoms with Gasteiger partial charge in [-0.1, -0.05) is 11.6 Å². The minimum Gasteiger partial charge on any atom is -0.327 e. The average Bonchev–Trinajstić information content (AvgIpc) is 2.38. The molecule has 0 aliphatic carbocycles. The second kappa shape index (κ2) is 5.65. The van der Waals surface area contributed by atoms with Gasteiger partial charge in [0.1, 0.15) is 0 Å². The molecule has 1 heterocycles. The summed E-state index contributed by atoms with van der Waals surface area (Å²) in [6.45, 7) is 0.484. The maximum atomic E-state index is 12.5. The Morgan fingerprint density at radius 1 is 1.45 bits per heavy atom. The molecule has 0 amide bonds. The Kier molecular flexibility index (Phi) is 4.28. The third-order valence-electron chi connectivity index (χ3n) is 3.16. The summed E-state index contributed by atoms with van der Waals surface area (Å²) in [4.78, 5) is 9.91. The van der Waals surface area contributed by atoms with Gasteiger partial charge in [0.25, 0.3) is 5.69 Å². The molecule has 1 aliphatic heterocycles. The van der Waals surface area contributed by atoms with E-state index in [-0.39, 0.29) is 22.5 Å². The highest BCUT2D eigenvalue weighted by Crippen LogP contribution is 2.30. The lowest BCUT2D eigenvalue weighted by Gasteiger charge is -2.29. The molecular weight excluding hydrogens is 306 g/mol. The number of halogens is 1. The number of hydrogen-bond acceptors (Lipinski definition) is 5. The Labute approximate surface area is 121 Å². The third kappa shape index (κ3) is 2.93. The molecule has 1 fully saturated rings. The molecule has 1 saturated heterocycles. The molecule has 9 heteroatoms. The van der Waals surface area contributed by atoms with Gasteiger partial charge in [-0.25, -0.2) is 8.42 Å². The quantitative estimate of drug-likeness (QED) is 0.668. The fourth-order valence-electron chi connectivity index (χ4n) is 2.18. The molecule has 7 nitrogen and oxygen atoms in total. The normalized spacial score (nSPS) is 20.8. The molecular formula is C11H14ClN3O4S. The molecule has 2 rings (SSSR count). The van der Waals surface area contributed by atoms with Gasteiger partial charge >= 0.3 is 0 Å². The summed E-state index contributed by atoms with van der Waals surface area (Å²) in [5.74, 6) is 0. The zero-order chi connectivity index (χ0) is 14.9. The van der Waals surface area contributed by atoms with Crippen molar-refractivity contribution >= 4 is 27.3 Å². The molecule has 1 aromatic carbocycles. The van der Waals surface area contributed by atoms with E-state index in [9.17, 15) is 18.5 Å². The summed E-state index contributed by atoms with van der Waals surface area (Å²) < 4.78 is 26.2. The number of nitrogens with zero attached hydrogens (tertiary/aromatic N) is 2. The first-order valence-corrected chi connectivity index (χ1v) is 7.84. The van der Waals surface area contributed by atoms with Crippen LogP contribution in [0.1, 0.15) is 12.8 Å². The van der Waals surface area contributed by atoms with E-state index in [2.05, 4.69) is 0 Å². The number of nitrogens with two attached hydrogens (primary N) is 1. The van der Waals surface area contributed by atoms with Gasteiger partial charge in [-0.3, -0.25) is 10.1 Å². The topological polar surface area (TPSA) is 107 Å². The standard InChI is InChI=1S/C11H14ClN3O4S/c12-8-3-4-11(10(6-8)15(16)17)20(18,19)14-5-1-2-9(13)7-14/h3-4,6,9H,1-2,5,7,13H2/t9-/m1/s1. The van der Waals surface area contributed by atoms with Crippen LogP contribution >= 0.6 is 11.6 Å². The van der Waals surface area contributed by atoms with E-state index in [1.807, 2.05) is 0 Å². The zero-order valence-electron chi connectivity index (χ0n) is 10.5. The van der Waals surface area contributed by atoms with Crippen LogP contribution < -0.4 is 5.73 Å². The summed E-state index contributed by atoms with van der Waals surface area (Å²) in [5, 5.41) is 11.1. The Hall–Kier alpha value is -1.22. The van der Waals surface area contributed by atoms with Crippen molar-refractivity contribution in [3.05, 3.63) is 33.3 Å². The van der Waals surface area contributed by atoms with Crippen LogP contribution in [0, 0.1) is 10.1 Å². The number of benzene rings is 1. The molecule has 0 spiro atoms. The molecule has 0 unspecified atom stereocenters. The lowest BCUT2D eigenvalue weighted by Crippen LogP contribution is -2.45. The second-order valence-electron chi connectivity index (χ2n) is 4.63. The molecule has 1 aromatic rings. The van der Waals surface area contributed by atoms with Crippen LogP contribution in [0.15, 0.2) is 23.1 Å². The summed E-state index contributed by atoms with van der Waals surface area (Å²) in [5.41, 5.74) is 5.24. The Morgan fingerprint density at radius 3 is 2.75 bits per heavy atom. The third-order valence-corrected chi connectivity index (χ3v) is 5.30. The van der Waals surface area contributed by atoms with Crippen LogP contribution in [0.5, 0.6) is 0 Å².